The highest BCUT2D eigenvalue weighted by Gasteiger charge is 2.37. The molecule has 1 aromatic heterocycles. The Hall–Kier alpha value is -2.96. The molecule has 152 valence electrons. The lowest BCUT2D eigenvalue weighted by Gasteiger charge is -2.38. The molecule has 0 radical (unpaired) electrons. The number of carbonyl (C=O) groups is 2. The third-order valence-corrected chi connectivity index (χ3v) is 5.61. The van der Waals surface area contributed by atoms with Crippen LogP contribution in [-0.2, 0) is 6.42 Å². The lowest BCUT2D eigenvalue weighted by molar-refractivity contribution is 0.0724. The monoisotopic (exact) mass is 393 g/mol. The van der Waals surface area contributed by atoms with Crippen molar-refractivity contribution in [1.82, 2.24) is 20.4 Å². The highest BCUT2D eigenvalue weighted by Crippen LogP contribution is 2.32. The van der Waals surface area contributed by atoms with Crippen molar-refractivity contribution in [3.63, 3.8) is 0 Å². The second-order valence-corrected chi connectivity index (χ2v) is 8.19. The molecule has 1 N–H and O–H groups in total. The zero-order chi connectivity index (χ0) is 20.4. The first-order valence-electron chi connectivity index (χ1n) is 10.3. The highest BCUT2D eigenvalue weighted by atomic mass is 16.2. The van der Waals surface area contributed by atoms with Crippen molar-refractivity contribution in [3.05, 3.63) is 53.2 Å². The number of hydrogen-bond acceptors (Lipinski definition) is 5. The van der Waals surface area contributed by atoms with E-state index in [1.54, 1.807) is 0 Å². The van der Waals surface area contributed by atoms with Gasteiger partial charge < -0.3 is 15.1 Å². The first kappa shape index (κ1) is 19.4. The number of aromatic nitrogens is 2. The SMILES string of the molecule is CC(C)CCNC(=O)c1cc2c(nn1)N1CCN(C(=O)c3ccccc3)CC1C2. The van der Waals surface area contributed by atoms with Crippen LogP contribution in [0.25, 0.3) is 0 Å². The molecule has 0 bridgehead atoms. The van der Waals surface area contributed by atoms with Crippen LogP contribution >= 0.6 is 0 Å². The van der Waals surface area contributed by atoms with Gasteiger partial charge in [-0.15, -0.1) is 10.2 Å². The number of rotatable bonds is 5. The van der Waals surface area contributed by atoms with Crippen LogP contribution in [0.4, 0.5) is 5.82 Å². The van der Waals surface area contributed by atoms with E-state index in [-0.39, 0.29) is 17.9 Å². The molecule has 29 heavy (non-hydrogen) atoms. The average molecular weight is 393 g/mol. The van der Waals surface area contributed by atoms with Gasteiger partial charge in [0.05, 0.1) is 6.04 Å². The normalized spacial score (nSPS) is 17.8. The Labute approximate surface area is 171 Å². The number of amides is 2. The summed E-state index contributed by atoms with van der Waals surface area (Å²) in [7, 11) is 0. The molecule has 7 nitrogen and oxygen atoms in total. The Morgan fingerprint density at radius 3 is 2.72 bits per heavy atom. The summed E-state index contributed by atoms with van der Waals surface area (Å²) in [5.74, 6) is 1.28. The zero-order valence-electron chi connectivity index (χ0n) is 17.0. The van der Waals surface area contributed by atoms with Gasteiger partial charge in [0.25, 0.3) is 11.8 Å². The summed E-state index contributed by atoms with van der Waals surface area (Å²) in [6.45, 7) is 6.93. The van der Waals surface area contributed by atoms with Crippen LogP contribution in [0.5, 0.6) is 0 Å². The molecular weight excluding hydrogens is 366 g/mol. The molecule has 2 amide bonds. The van der Waals surface area contributed by atoms with Crippen LogP contribution in [0, 0.1) is 5.92 Å². The van der Waals surface area contributed by atoms with Gasteiger partial charge in [-0.05, 0) is 37.0 Å². The van der Waals surface area contributed by atoms with Crippen LogP contribution in [0.1, 0.15) is 46.7 Å². The van der Waals surface area contributed by atoms with Crippen molar-refractivity contribution in [2.45, 2.75) is 32.7 Å². The molecule has 1 atom stereocenters. The van der Waals surface area contributed by atoms with E-state index >= 15 is 0 Å². The van der Waals surface area contributed by atoms with E-state index in [1.165, 1.54) is 0 Å². The minimum Gasteiger partial charge on any atom is -0.351 e. The number of carbonyl (C=O) groups excluding carboxylic acids is 2. The quantitative estimate of drug-likeness (QED) is 0.842. The third-order valence-electron chi connectivity index (χ3n) is 5.61. The number of benzene rings is 1. The fourth-order valence-corrected chi connectivity index (χ4v) is 4.00. The fraction of sp³-hybridized carbons (Fsp3) is 0.455. The van der Waals surface area contributed by atoms with Gasteiger partial charge in [0.1, 0.15) is 0 Å². The lowest BCUT2D eigenvalue weighted by Crippen LogP contribution is -2.53. The first-order valence-corrected chi connectivity index (χ1v) is 10.3. The van der Waals surface area contributed by atoms with E-state index in [0.717, 1.165) is 36.3 Å². The first-order chi connectivity index (χ1) is 14.0. The smallest absolute Gasteiger partial charge is 0.271 e. The van der Waals surface area contributed by atoms with E-state index in [9.17, 15) is 9.59 Å². The second-order valence-electron chi connectivity index (χ2n) is 8.19. The summed E-state index contributed by atoms with van der Waals surface area (Å²) in [6, 6.07) is 11.4. The van der Waals surface area contributed by atoms with Gasteiger partial charge in [-0.2, -0.15) is 0 Å². The number of nitrogens with one attached hydrogen (secondary N) is 1. The molecule has 0 saturated carbocycles. The van der Waals surface area contributed by atoms with Crippen LogP contribution in [-0.4, -0.2) is 59.1 Å². The van der Waals surface area contributed by atoms with Crippen LogP contribution in [0.2, 0.25) is 0 Å². The highest BCUT2D eigenvalue weighted by molar-refractivity contribution is 5.94. The Balaban J connectivity index is 1.42. The molecule has 2 aliphatic rings. The van der Waals surface area contributed by atoms with Crippen LogP contribution < -0.4 is 10.2 Å². The van der Waals surface area contributed by atoms with Crippen molar-refractivity contribution in [2.24, 2.45) is 5.92 Å². The Morgan fingerprint density at radius 2 is 1.97 bits per heavy atom. The maximum atomic E-state index is 12.8. The molecule has 1 aromatic carbocycles. The van der Waals surface area contributed by atoms with Crippen LogP contribution in [0.3, 0.4) is 0 Å². The Kier molecular flexibility index (Phi) is 5.47. The minimum atomic E-state index is -0.174. The number of hydrogen-bond donors (Lipinski definition) is 1. The molecule has 1 unspecified atom stereocenters. The van der Waals surface area contributed by atoms with Crippen molar-refractivity contribution >= 4 is 17.6 Å². The van der Waals surface area contributed by atoms with E-state index in [0.29, 0.717) is 31.2 Å². The van der Waals surface area contributed by atoms with Gasteiger partial charge in [-0.1, -0.05) is 32.0 Å². The van der Waals surface area contributed by atoms with Crippen molar-refractivity contribution < 1.29 is 9.59 Å². The van der Waals surface area contributed by atoms with Gasteiger partial charge in [0.15, 0.2) is 11.5 Å². The van der Waals surface area contributed by atoms with Crippen molar-refractivity contribution in [3.8, 4) is 0 Å². The fourth-order valence-electron chi connectivity index (χ4n) is 4.00. The van der Waals surface area contributed by atoms with Gasteiger partial charge in [0, 0.05) is 37.3 Å². The molecule has 2 aromatic rings. The number of nitrogens with zero attached hydrogens (tertiary/aromatic N) is 4. The Bertz CT molecular complexity index is 899. The molecule has 3 heterocycles. The molecule has 2 aliphatic heterocycles. The number of piperazine rings is 1. The standard InChI is InChI=1S/C22H27N5O2/c1-15(2)8-9-23-21(28)19-13-17-12-18-14-26(10-11-27(18)20(17)25-24-19)22(29)16-6-4-3-5-7-16/h3-7,13,15,18H,8-12,14H2,1-2H3,(H,23,28). The molecule has 4 rings (SSSR count). The Morgan fingerprint density at radius 1 is 1.17 bits per heavy atom. The summed E-state index contributed by atoms with van der Waals surface area (Å²) in [5, 5.41) is 11.4. The molecule has 1 saturated heterocycles. The zero-order valence-corrected chi connectivity index (χ0v) is 17.0. The summed E-state index contributed by atoms with van der Waals surface area (Å²) < 4.78 is 0. The molecule has 0 spiro atoms. The molecule has 0 aliphatic carbocycles. The molecule has 1 fully saturated rings. The van der Waals surface area contributed by atoms with Gasteiger partial charge in [-0.3, -0.25) is 9.59 Å². The number of anilines is 1. The van der Waals surface area contributed by atoms with Gasteiger partial charge >= 0.3 is 0 Å². The predicted molar refractivity (Wildman–Crippen MR) is 111 cm³/mol. The minimum absolute atomic E-state index is 0.0671. The van der Waals surface area contributed by atoms with E-state index in [2.05, 4.69) is 34.3 Å². The second kappa shape index (κ2) is 8.19. The summed E-state index contributed by atoms with van der Waals surface area (Å²) >= 11 is 0. The molecular formula is C22H27N5O2. The largest absolute Gasteiger partial charge is 0.351 e. The van der Waals surface area contributed by atoms with Crippen molar-refractivity contribution in [2.75, 3.05) is 31.1 Å². The van der Waals surface area contributed by atoms with E-state index in [1.807, 2.05) is 41.3 Å². The summed E-state index contributed by atoms with van der Waals surface area (Å²) in [6.07, 6.45) is 1.71. The average Bonchev–Trinajstić information content (AvgIpc) is 3.10. The maximum absolute atomic E-state index is 12.8. The maximum Gasteiger partial charge on any atom is 0.271 e. The van der Waals surface area contributed by atoms with Gasteiger partial charge in [-0.25, -0.2) is 0 Å². The topological polar surface area (TPSA) is 78.4 Å². The summed E-state index contributed by atoms with van der Waals surface area (Å²) in [5.41, 5.74) is 2.12. The van der Waals surface area contributed by atoms with E-state index < -0.39 is 0 Å². The molecule has 7 heteroatoms. The van der Waals surface area contributed by atoms with Gasteiger partial charge in [0.2, 0.25) is 0 Å². The predicted octanol–water partition coefficient (Wildman–Crippen LogP) is 2.14. The lowest BCUT2D eigenvalue weighted by atomic mass is 10.1. The third kappa shape index (κ3) is 4.09. The number of fused-ring (bicyclic) bond motifs is 3. The summed E-state index contributed by atoms with van der Waals surface area (Å²) in [4.78, 5) is 29.3. The van der Waals surface area contributed by atoms with Crippen LogP contribution in [0.15, 0.2) is 36.4 Å². The van der Waals surface area contributed by atoms with E-state index in [4.69, 9.17) is 0 Å². The van der Waals surface area contributed by atoms with Crippen molar-refractivity contribution in [1.29, 1.82) is 0 Å².